The molecule has 0 aliphatic rings. The third kappa shape index (κ3) is 3.08. The zero-order valence-corrected chi connectivity index (χ0v) is 9.22. The Morgan fingerprint density at radius 1 is 1.28 bits per heavy atom. The highest BCUT2D eigenvalue weighted by atomic mass is 16.6. The van der Waals surface area contributed by atoms with E-state index >= 15 is 0 Å². The second-order valence-electron chi connectivity index (χ2n) is 3.31. The molecule has 0 aliphatic carbocycles. The van der Waals surface area contributed by atoms with Crippen molar-refractivity contribution in [3.8, 4) is 0 Å². The van der Waals surface area contributed by atoms with Crippen molar-refractivity contribution in [3.63, 3.8) is 0 Å². The number of rotatable bonds is 4. The van der Waals surface area contributed by atoms with E-state index in [0.29, 0.717) is 5.82 Å². The van der Waals surface area contributed by atoms with Gasteiger partial charge in [0.15, 0.2) is 0 Å². The number of hydrogen-bond donors (Lipinski definition) is 1. The molecule has 2 rings (SSSR count). The van der Waals surface area contributed by atoms with Crippen LogP contribution >= 0.6 is 0 Å². The molecule has 0 aromatic carbocycles. The number of nitrogens with one attached hydrogen (secondary N) is 1. The molecule has 0 atom stereocenters. The molecule has 0 unspecified atom stereocenters. The first-order valence-electron chi connectivity index (χ1n) is 5.05. The van der Waals surface area contributed by atoms with Gasteiger partial charge in [-0.3, -0.25) is 20.5 Å². The molecule has 0 saturated carbocycles. The quantitative estimate of drug-likeness (QED) is 0.502. The summed E-state index contributed by atoms with van der Waals surface area (Å²) < 4.78 is 0. The minimum Gasteiger partial charge on any atom is -0.265 e. The lowest BCUT2D eigenvalue weighted by Crippen LogP contribution is -1.95. The minimum atomic E-state index is -0.503. The Morgan fingerprint density at radius 3 is 2.67 bits per heavy atom. The van der Waals surface area contributed by atoms with Crippen LogP contribution in [0.5, 0.6) is 0 Å². The first-order valence-corrected chi connectivity index (χ1v) is 5.05. The lowest BCUT2D eigenvalue weighted by molar-refractivity contribution is -0.385. The number of pyridine rings is 2. The highest BCUT2D eigenvalue weighted by molar-refractivity contribution is 5.79. The summed E-state index contributed by atoms with van der Waals surface area (Å²) >= 11 is 0. The van der Waals surface area contributed by atoms with Crippen LogP contribution in [0, 0.1) is 10.1 Å². The van der Waals surface area contributed by atoms with Gasteiger partial charge >= 0.3 is 0 Å². The number of nitrogens with zero attached hydrogens (tertiary/aromatic N) is 4. The van der Waals surface area contributed by atoms with E-state index in [1.165, 1.54) is 18.3 Å². The van der Waals surface area contributed by atoms with Crippen molar-refractivity contribution in [2.75, 3.05) is 5.43 Å². The summed E-state index contributed by atoms with van der Waals surface area (Å²) in [5, 5.41) is 14.4. The molecule has 0 saturated heterocycles. The van der Waals surface area contributed by atoms with Gasteiger partial charge in [0.05, 0.1) is 11.1 Å². The Hall–Kier alpha value is -2.83. The lowest BCUT2D eigenvalue weighted by atomic mass is 10.3. The Kier molecular flexibility index (Phi) is 3.55. The van der Waals surface area contributed by atoms with Crippen molar-refractivity contribution in [2.24, 2.45) is 5.10 Å². The highest BCUT2D eigenvalue weighted by Crippen LogP contribution is 2.11. The molecular weight excluding hydrogens is 234 g/mol. The molecule has 0 amide bonds. The van der Waals surface area contributed by atoms with Crippen molar-refractivity contribution < 1.29 is 4.92 Å². The monoisotopic (exact) mass is 243 g/mol. The summed E-state index contributed by atoms with van der Waals surface area (Å²) in [5.41, 5.74) is 3.51. The number of hydrazone groups is 1. The number of aromatic nitrogens is 2. The van der Waals surface area contributed by atoms with Crippen LogP contribution in [0.4, 0.5) is 11.5 Å². The zero-order valence-electron chi connectivity index (χ0n) is 9.22. The van der Waals surface area contributed by atoms with Gasteiger partial charge in [-0.25, -0.2) is 4.98 Å². The normalized spacial score (nSPS) is 10.4. The van der Waals surface area contributed by atoms with E-state index in [9.17, 15) is 10.1 Å². The van der Waals surface area contributed by atoms with E-state index in [4.69, 9.17) is 0 Å². The van der Waals surface area contributed by atoms with Gasteiger partial charge in [0.1, 0.15) is 12.0 Å². The zero-order chi connectivity index (χ0) is 12.8. The standard InChI is InChI=1S/C11H9N5O2/c17-16(18)10-1-2-11(13-8-10)15-14-7-9-3-5-12-6-4-9/h1-8H,(H,13,15). The summed E-state index contributed by atoms with van der Waals surface area (Å²) in [5.74, 6) is 0.436. The van der Waals surface area contributed by atoms with E-state index in [0.717, 1.165) is 5.56 Å². The maximum Gasteiger partial charge on any atom is 0.287 e. The van der Waals surface area contributed by atoms with E-state index in [-0.39, 0.29) is 5.69 Å². The van der Waals surface area contributed by atoms with Gasteiger partial charge in [-0.2, -0.15) is 5.10 Å². The van der Waals surface area contributed by atoms with E-state index in [1.54, 1.807) is 30.7 Å². The average molecular weight is 243 g/mol. The Bertz CT molecular complexity index is 553. The molecule has 2 aromatic rings. The summed E-state index contributed by atoms with van der Waals surface area (Å²) in [6.07, 6.45) is 6.09. The molecule has 0 radical (unpaired) electrons. The van der Waals surface area contributed by atoms with Gasteiger partial charge in [-0.15, -0.1) is 0 Å². The summed E-state index contributed by atoms with van der Waals surface area (Å²) in [6.45, 7) is 0. The van der Waals surface area contributed by atoms with Gasteiger partial charge in [-0.1, -0.05) is 0 Å². The Morgan fingerprint density at radius 2 is 2.06 bits per heavy atom. The van der Waals surface area contributed by atoms with Crippen LogP contribution in [0.25, 0.3) is 0 Å². The number of hydrogen-bond acceptors (Lipinski definition) is 6. The predicted octanol–water partition coefficient (Wildman–Crippen LogP) is 1.83. The summed E-state index contributed by atoms with van der Waals surface area (Å²) in [6, 6.07) is 6.45. The predicted molar refractivity (Wildman–Crippen MR) is 66.3 cm³/mol. The second kappa shape index (κ2) is 5.48. The molecule has 0 bridgehead atoms. The number of anilines is 1. The Balaban J connectivity index is 1.98. The second-order valence-corrected chi connectivity index (χ2v) is 3.31. The van der Waals surface area contributed by atoms with E-state index in [1.807, 2.05) is 0 Å². The van der Waals surface area contributed by atoms with Gasteiger partial charge in [0.2, 0.25) is 0 Å². The first kappa shape index (κ1) is 11.6. The topological polar surface area (TPSA) is 93.3 Å². The summed E-state index contributed by atoms with van der Waals surface area (Å²) in [7, 11) is 0. The fourth-order valence-corrected chi connectivity index (χ4v) is 1.18. The highest BCUT2D eigenvalue weighted by Gasteiger charge is 2.03. The van der Waals surface area contributed by atoms with Crippen LogP contribution in [-0.4, -0.2) is 21.1 Å². The lowest BCUT2D eigenvalue weighted by Gasteiger charge is -1.97. The first-order chi connectivity index (χ1) is 8.75. The van der Waals surface area contributed by atoms with E-state index in [2.05, 4.69) is 20.5 Å². The van der Waals surface area contributed by atoms with E-state index < -0.39 is 4.92 Å². The van der Waals surface area contributed by atoms with Crippen LogP contribution in [0.2, 0.25) is 0 Å². The van der Waals surface area contributed by atoms with Crippen molar-refractivity contribution in [1.82, 2.24) is 9.97 Å². The third-order valence-corrected chi connectivity index (χ3v) is 2.06. The third-order valence-electron chi connectivity index (χ3n) is 2.06. The van der Waals surface area contributed by atoms with Crippen molar-refractivity contribution in [3.05, 3.63) is 58.5 Å². The van der Waals surface area contributed by atoms with Gasteiger partial charge in [0, 0.05) is 18.5 Å². The summed E-state index contributed by atoms with van der Waals surface area (Å²) in [4.78, 5) is 17.6. The smallest absolute Gasteiger partial charge is 0.265 e. The van der Waals surface area contributed by atoms with Gasteiger partial charge in [0.25, 0.3) is 5.69 Å². The average Bonchev–Trinajstić information content (AvgIpc) is 2.40. The molecule has 7 heteroatoms. The van der Waals surface area contributed by atoms with Crippen LogP contribution in [0.3, 0.4) is 0 Å². The fourth-order valence-electron chi connectivity index (χ4n) is 1.18. The van der Waals surface area contributed by atoms with Gasteiger partial charge < -0.3 is 0 Å². The van der Waals surface area contributed by atoms with Crippen LogP contribution in [-0.2, 0) is 0 Å². The maximum atomic E-state index is 10.4. The largest absolute Gasteiger partial charge is 0.287 e. The molecular formula is C11H9N5O2. The molecule has 0 fully saturated rings. The minimum absolute atomic E-state index is 0.0568. The molecule has 2 heterocycles. The number of nitro groups is 1. The van der Waals surface area contributed by atoms with Crippen molar-refractivity contribution in [1.29, 1.82) is 0 Å². The Labute approximate surface area is 102 Å². The molecule has 0 aliphatic heterocycles. The van der Waals surface area contributed by atoms with Crippen molar-refractivity contribution in [2.45, 2.75) is 0 Å². The SMILES string of the molecule is O=[N+]([O-])c1ccc(NN=Cc2ccncc2)nc1. The molecule has 0 spiro atoms. The maximum absolute atomic E-state index is 10.4. The van der Waals surface area contributed by atoms with Crippen LogP contribution in [0.15, 0.2) is 48.0 Å². The molecule has 18 heavy (non-hydrogen) atoms. The molecule has 90 valence electrons. The molecule has 7 nitrogen and oxygen atoms in total. The molecule has 1 N–H and O–H groups in total. The van der Waals surface area contributed by atoms with Gasteiger partial charge in [-0.05, 0) is 23.8 Å². The molecule has 2 aromatic heterocycles. The van der Waals surface area contributed by atoms with Crippen LogP contribution < -0.4 is 5.43 Å². The van der Waals surface area contributed by atoms with Crippen molar-refractivity contribution >= 4 is 17.7 Å². The fraction of sp³-hybridized carbons (Fsp3) is 0. The van der Waals surface area contributed by atoms with Crippen LogP contribution in [0.1, 0.15) is 5.56 Å².